The average Bonchev–Trinajstić information content (AvgIpc) is 3.00. The molecule has 2 aromatic carbocycles. The van der Waals surface area contributed by atoms with Crippen molar-refractivity contribution in [3.05, 3.63) is 72.3 Å². The number of carbonyl (C=O) groups excluding carboxylic acids is 1. The van der Waals surface area contributed by atoms with Crippen molar-refractivity contribution in [3.63, 3.8) is 0 Å². The fourth-order valence-corrected chi connectivity index (χ4v) is 3.61. The Hall–Kier alpha value is -2.55. The number of allylic oxidation sites excluding steroid dienone is 1. The number of unbranched alkanes of at least 4 members (excludes halogenated alkanes) is 3. The minimum atomic E-state index is -0.240. The van der Waals surface area contributed by atoms with Gasteiger partial charge in [-0.3, -0.25) is 0 Å². The molecule has 0 aromatic heterocycles. The highest BCUT2D eigenvalue weighted by Crippen LogP contribution is 2.44. The highest BCUT2D eigenvalue weighted by molar-refractivity contribution is 5.79. The van der Waals surface area contributed by atoms with Crippen LogP contribution in [0.2, 0.25) is 0 Å². The molecule has 1 aliphatic rings. The van der Waals surface area contributed by atoms with Gasteiger partial charge < -0.3 is 9.64 Å². The van der Waals surface area contributed by atoms with Crippen LogP contribution in [0.4, 0.5) is 4.79 Å². The van der Waals surface area contributed by atoms with E-state index in [2.05, 4.69) is 55.1 Å². The molecule has 0 saturated carbocycles. The quantitative estimate of drug-likeness (QED) is 0.458. The predicted octanol–water partition coefficient (Wildman–Crippen LogP) is 5.61. The molecule has 2 aromatic rings. The Balaban J connectivity index is 1.58. The molecule has 3 nitrogen and oxygen atoms in total. The summed E-state index contributed by atoms with van der Waals surface area (Å²) in [5.74, 6) is 0.118. The summed E-state index contributed by atoms with van der Waals surface area (Å²) in [4.78, 5) is 14.0. The number of carbonyl (C=O) groups is 1. The Kier molecular flexibility index (Phi) is 6.11. The molecule has 0 N–H and O–H groups in total. The maximum Gasteiger partial charge on any atom is 0.409 e. The molecule has 0 spiro atoms. The summed E-state index contributed by atoms with van der Waals surface area (Å²) in [6, 6.07) is 16.8. The highest BCUT2D eigenvalue weighted by Gasteiger charge is 2.29. The van der Waals surface area contributed by atoms with Gasteiger partial charge in [0.05, 0.1) is 0 Å². The van der Waals surface area contributed by atoms with Crippen LogP contribution in [0.3, 0.4) is 0 Å². The minimum absolute atomic E-state index is 0.118. The van der Waals surface area contributed by atoms with E-state index >= 15 is 0 Å². The van der Waals surface area contributed by atoms with Crippen LogP contribution < -0.4 is 0 Å². The molecule has 0 unspecified atom stereocenters. The first-order valence-corrected chi connectivity index (χ1v) is 9.39. The van der Waals surface area contributed by atoms with Gasteiger partial charge in [0.15, 0.2) is 0 Å². The molecule has 26 heavy (non-hydrogen) atoms. The van der Waals surface area contributed by atoms with Gasteiger partial charge in [-0.05, 0) is 41.5 Å². The van der Waals surface area contributed by atoms with Crippen molar-refractivity contribution in [1.82, 2.24) is 4.90 Å². The van der Waals surface area contributed by atoms with E-state index in [-0.39, 0.29) is 12.0 Å². The standard InChI is InChI=1S/C23H27NO2/c1-3-4-5-6-11-16-24(2)23(25)26-17-22-20-14-9-7-12-18(20)19-13-8-10-15-21(19)22/h3,7-10,12-15,22H,1,4-6,11,16-17H2,2H3. The average molecular weight is 349 g/mol. The SMILES string of the molecule is C=CCCCCCN(C)C(=O)OCC1c2ccccc2-c2ccccc21. The molecule has 0 radical (unpaired) electrons. The van der Waals surface area contributed by atoms with Crippen LogP contribution in [0.1, 0.15) is 42.7 Å². The van der Waals surface area contributed by atoms with E-state index in [1.807, 2.05) is 13.1 Å². The first-order valence-electron chi connectivity index (χ1n) is 9.39. The smallest absolute Gasteiger partial charge is 0.409 e. The second-order valence-electron chi connectivity index (χ2n) is 6.86. The van der Waals surface area contributed by atoms with Gasteiger partial charge >= 0.3 is 6.09 Å². The van der Waals surface area contributed by atoms with Crippen LogP contribution in [0.25, 0.3) is 11.1 Å². The maximum atomic E-state index is 12.3. The molecule has 1 aliphatic carbocycles. The lowest BCUT2D eigenvalue weighted by Gasteiger charge is -2.19. The van der Waals surface area contributed by atoms with Gasteiger partial charge in [-0.2, -0.15) is 0 Å². The second kappa shape index (κ2) is 8.70. The van der Waals surface area contributed by atoms with E-state index in [0.29, 0.717) is 6.61 Å². The number of fused-ring (bicyclic) bond motifs is 3. The molecule has 1 amide bonds. The molecule has 0 heterocycles. The van der Waals surface area contributed by atoms with Crippen LogP contribution >= 0.6 is 0 Å². The van der Waals surface area contributed by atoms with Gasteiger partial charge in [-0.15, -0.1) is 6.58 Å². The van der Waals surface area contributed by atoms with Gasteiger partial charge in [0.1, 0.15) is 6.61 Å². The molecule has 3 rings (SSSR count). The Morgan fingerprint density at radius 3 is 2.27 bits per heavy atom. The third-order valence-corrected chi connectivity index (χ3v) is 5.05. The minimum Gasteiger partial charge on any atom is -0.448 e. The summed E-state index contributed by atoms with van der Waals surface area (Å²) in [7, 11) is 1.81. The fraction of sp³-hybridized carbons (Fsp3) is 0.348. The second-order valence-corrected chi connectivity index (χ2v) is 6.86. The highest BCUT2D eigenvalue weighted by atomic mass is 16.6. The van der Waals surface area contributed by atoms with E-state index in [0.717, 1.165) is 32.2 Å². The monoisotopic (exact) mass is 349 g/mol. The summed E-state index contributed by atoms with van der Waals surface area (Å²) < 4.78 is 5.65. The number of hydrogen-bond donors (Lipinski definition) is 0. The Bertz CT molecular complexity index is 723. The normalized spacial score (nSPS) is 12.3. The summed E-state index contributed by atoms with van der Waals surface area (Å²) in [5.41, 5.74) is 4.99. The molecule has 0 fully saturated rings. The van der Waals surface area contributed by atoms with Crippen molar-refractivity contribution >= 4 is 6.09 Å². The Labute approximate surface area is 156 Å². The van der Waals surface area contributed by atoms with Gasteiger partial charge in [-0.25, -0.2) is 4.79 Å². The first kappa shape index (κ1) is 18.2. The van der Waals surface area contributed by atoms with Crippen LogP contribution in [-0.2, 0) is 4.74 Å². The number of ether oxygens (including phenoxy) is 1. The summed E-state index contributed by atoms with van der Waals surface area (Å²) in [6.07, 6.45) is 5.96. The number of nitrogens with zero attached hydrogens (tertiary/aromatic N) is 1. The number of rotatable bonds is 8. The molecule has 0 atom stereocenters. The fourth-order valence-electron chi connectivity index (χ4n) is 3.61. The predicted molar refractivity (Wildman–Crippen MR) is 106 cm³/mol. The lowest BCUT2D eigenvalue weighted by atomic mass is 9.98. The van der Waals surface area contributed by atoms with Gasteiger partial charge in [0.25, 0.3) is 0 Å². The van der Waals surface area contributed by atoms with Crippen molar-refractivity contribution in [2.45, 2.75) is 31.6 Å². The maximum absolute atomic E-state index is 12.3. The van der Waals surface area contributed by atoms with Crippen molar-refractivity contribution in [3.8, 4) is 11.1 Å². The molecule has 0 bridgehead atoms. The van der Waals surface area contributed by atoms with Crippen LogP contribution in [0.5, 0.6) is 0 Å². The number of hydrogen-bond acceptors (Lipinski definition) is 2. The summed E-state index contributed by atoms with van der Waals surface area (Å²) in [5, 5.41) is 0. The zero-order valence-electron chi connectivity index (χ0n) is 15.5. The van der Waals surface area contributed by atoms with Gasteiger partial charge in [-0.1, -0.05) is 61.0 Å². The van der Waals surface area contributed by atoms with Crippen molar-refractivity contribution in [2.24, 2.45) is 0 Å². The third-order valence-electron chi connectivity index (χ3n) is 5.05. The van der Waals surface area contributed by atoms with Crippen LogP contribution in [0, 0.1) is 0 Å². The third kappa shape index (κ3) is 3.98. The molecular weight excluding hydrogens is 322 g/mol. The van der Waals surface area contributed by atoms with Gasteiger partial charge in [0.2, 0.25) is 0 Å². The molecule has 136 valence electrons. The topological polar surface area (TPSA) is 29.5 Å². The molecule has 0 saturated heterocycles. The summed E-state index contributed by atoms with van der Waals surface area (Å²) in [6.45, 7) is 4.84. The van der Waals surface area contributed by atoms with E-state index in [1.165, 1.54) is 22.3 Å². The van der Waals surface area contributed by atoms with Crippen LogP contribution in [0.15, 0.2) is 61.2 Å². The molecule has 3 heteroatoms. The number of benzene rings is 2. The Morgan fingerprint density at radius 2 is 1.65 bits per heavy atom. The van der Waals surface area contributed by atoms with E-state index in [1.54, 1.807) is 4.90 Å². The largest absolute Gasteiger partial charge is 0.448 e. The van der Waals surface area contributed by atoms with Crippen molar-refractivity contribution in [1.29, 1.82) is 0 Å². The zero-order valence-corrected chi connectivity index (χ0v) is 15.5. The molecular formula is C23H27NO2. The van der Waals surface area contributed by atoms with Crippen LogP contribution in [-0.4, -0.2) is 31.2 Å². The summed E-state index contributed by atoms with van der Waals surface area (Å²) >= 11 is 0. The van der Waals surface area contributed by atoms with Gasteiger partial charge in [0, 0.05) is 19.5 Å². The van der Waals surface area contributed by atoms with Crippen molar-refractivity contribution < 1.29 is 9.53 Å². The zero-order chi connectivity index (χ0) is 18.4. The first-order chi connectivity index (χ1) is 12.7. The lowest BCUT2D eigenvalue weighted by Crippen LogP contribution is -2.29. The lowest BCUT2D eigenvalue weighted by molar-refractivity contribution is 0.108. The van der Waals surface area contributed by atoms with E-state index < -0.39 is 0 Å². The molecule has 0 aliphatic heterocycles. The number of amides is 1. The van der Waals surface area contributed by atoms with E-state index in [9.17, 15) is 4.79 Å². The van der Waals surface area contributed by atoms with Crippen molar-refractivity contribution in [2.75, 3.05) is 20.2 Å². The van der Waals surface area contributed by atoms with E-state index in [4.69, 9.17) is 4.74 Å². The Morgan fingerprint density at radius 1 is 1.04 bits per heavy atom.